The van der Waals surface area contributed by atoms with E-state index in [0.29, 0.717) is 6.54 Å². The third kappa shape index (κ3) is 7.76. The fraction of sp³-hybridized carbons (Fsp3) is 1.00. The van der Waals surface area contributed by atoms with Crippen LogP contribution in [0.4, 0.5) is 0 Å². The lowest BCUT2D eigenvalue weighted by Crippen LogP contribution is -2.45. The van der Waals surface area contributed by atoms with Crippen molar-refractivity contribution in [3.05, 3.63) is 0 Å². The summed E-state index contributed by atoms with van der Waals surface area (Å²) >= 11 is 0. The number of hydrogen-bond donors (Lipinski definition) is 2. The SMILES string of the molecule is CCCC(C)(C)NS(=O)(=O)CCNCC. The van der Waals surface area contributed by atoms with Crippen molar-refractivity contribution in [2.45, 2.75) is 46.1 Å². The summed E-state index contributed by atoms with van der Waals surface area (Å²) in [6.07, 6.45) is 1.83. The van der Waals surface area contributed by atoms with E-state index in [1.54, 1.807) is 0 Å². The van der Waals surface area contributed by atoms with E-state index in [2.05, 4.69) is 17.0 Å². The first-order valence-corrected chi connectivity index (χ1v) is 7.20. The van der Waals surface area contributed by atoms with E-state index in [-0.39, 0.29) is 11.3 Å². The molecule has 0 unspecified atom stereocenters. The number of hydrogen-bond acceptors (Lipinski definition) is 3. The van der Waals surface area contributed by atoms with Gasteiger partial charge in [-0.25, -0.2) is 13.1 Å². The Balaban J connectivity index is 4.13. The molecule has 4 nitrogen and oxygen atoms in total. The maximum atomic E-state index is 11.6. The molecule has 0 aliphatic carbocycles. The van der Waals surface area contributed by atoms with Gasteiger partial charge in [-0.3, -0.25) is 0 Å². The van der Waals surface area contributed by atoms with Gasteiger partial charge in [-0.2, -0.15) is 0 Å². The average Bonchev–Trinajstić information content (AvgIpc) is 2.01. The minimum Gasteiger partial charge on any atom is -0.316 e. The summed E-state index contributed by atoms with van der Waals surface area (Å²) in [5.74, 6) is 0.147. The maximum absolute atomic E-state index is 11.6. The predicted octanol–water partition coefficient (Wildman–Crippen LogP) is 1.09. The molecule has 15 heavy (non-hydrogen) atoms. The summed E-state index contributed by atoms with van der Waals surface area (Å²) in [4.78, 5) is 0. The smallest absolute Gasteiger partial charge is 0.213 e. The van der Waals surface area contributed by atoms with Gasteiger partial charge in [0.25, 0.3) is 0 Å². The van der Waals surface area contributed by atoms with E-state index < -0.39 is 10.0 Å². The zero-order valence-electron chi connectivity index (χ0n) is 10.3. The highest BCUT2D eigenvalue weighted by molar-refractivity contribution is 7.89. The molecule has 0 aliphatic heterocycles. The van der Waals surface area contributed by atoms with Crippen molar-refractivity contribution in [3.8, 4) is 0 Å². The first kappa shape index (κ1) is 14.9. The molecule has 0 radical (unpaired) electrons. The average molecular weight is 236 g/mol. The lowest BCUT2D eigenvalue weighted by molar-refractivity contribution is 0.417. The molecule has 0 saturated carbocycles. The number of nitrogens with one attached hydrogen (secondary N) is 2. The molecule has 0 aromatic rings. The first-order chi connectivity index (χ1) is 6.83. The van der Waals surface area contributed by atoms with Gasteiger partial charge in [-0.15, -0.1) is 0 Å². The van der Waals surface area contributed by atoms with Gasteiger partial charge in [-0.05, 0) is 26.8 Å². The summed E-state index contributed by atoms with van der Waals surface area (Å²) in [6, 6.07) is 0. The second-order valence-electron chi connectivity index (χ2n) is 4.41. The van der Waals surface area contributed by atoms with Gasteiger partial charge >= 0.3 is 0 Å². The van der Waals surface area contributed by atoms with Gasteiger partial charge in [0.2, 0.25) is 10.0 Å². The standard InChI is InChI=1S/C10H24N2O2S/c1-5-7-10(3,4)12-15(13,14)9-8-11-6-2/h11-12H,5-9H2,1-4H3. The maximum Gasteiger partial charge on any atom is 0.213 e. The summed E-state index contributed by atoms with van der Waals surface area (Å²) in [5.41, 5.74) is -0.334. The van der Waals surface area contributed by atoms with Crippen LogP contribution in [0.15, 0.2) is 0 Å². The molecule has 0 atom stereocenters. The van der Waals surface area contributed by atoms with Gasteiger partial charge < -0.3 is 5.32 Å². The Morgan fingerprint density at radius 3 is 2.27 bits per heavy atom. The fourth-order valence-electron chi connectivity index (χ4n) is 1.53. The van der Waals surface area contributed by atoms with Crippen molar-refractivity contribution in [2.24, 2.45) is 0 Å². The highest BCUT2D eigenvalue weighted by Gasteiger charge is 2.23. The third-order valence-corrected chi connectivity index (χ3v) is 3.71. The highest BCUT2D eigenvalue weighted by Crippen LogP contribution is 2.12. The van der Waals surface area contributed by atoms with E-state index in [1.165, 1.54) is 0 Å². The molecule has 0 heterocycles. The van der Waals surface area contributed by atoms with E-state index in [1.807, 2.05) is 20.8 Å². The third-order valence-electron chi connectivity index (χ3n) is 2.10. The number of sulfonamides is 1. The fourth-order valence-corrected chi connectivity index (χ4v) is 2.99. The molecule has 2 N–H and O–H groups in total. The first-order valence-electron chi connectivity index (χ1n) is 5.55. The minimum atomic E-state index is -3.15. The van der Waals surface area contributed by atoms with Crippen molar-refractivity contribution in [2.75, 3.05) is 18.8 Å². The second kappa shape index (κ2) is 6.45. The Kier molecular flexibility index (Phi) is 6.40. The van der Waals surface area contributed by atoms with Gasteiger partial charge in [0.1, 0.15) is 0 Å². The van der Waals surface area contributed by atoms with Crippen LogP contribution in [0.25, 0.3) is 0 Å². The van der Waals surface area contributed by atoms with Crippen LogP contribution >= 0.6 is 0 Å². The molecule has 92 valence electrons. The van der Waals surface area contributed by atoms with Gasteiger partial charge in [0, 0.05) is 12.1 Å². The Morgan fingerprint density at radius 1 is 1.20 bits per heavy atom. The molecule has 0 rings (SSSR count). The molecule has 0 fully saturated rings. The van der Waals surface area contributed by atoms with Gasteiger partial charge in [0.05, 0.1) is 5.75 Å². The van der Waals surface area contributed by atoms with Crippen LogP contribution in [0.3, 0.4) is 0 Å². The Labute approximate surface area is 93.9 Å². The van der Waals surface area contributed by atoms with Crippen molar-refractivity contribution < 1.29 is 8.42 Å². The highest BCUT2D eigenvalue weighted by atomic mass is 32.2. The second-order valence-corrected chi connectivity index (χ2v) is 6.25. The lowest BCUT2D eigenvalue weighted by Gasteiger charge is -2.25. The topological polar surface area (TPSA) is 58.2 Å². The molecular weight excluding hydrogens is 212 g/mol. The van der Waals surface area contributed by atoms with Crippen LogP contribution in [0.1, 0.15) is 40.5 Å². The number of rotatable bonds is 8. The van der Waals surface area contributed by atoms with Crippen molar-refractivity contribution in [1.29, 1.82) is 0 Å². The summed E-state index contributed by atoms with van der Waals surface area (Å²) < 4.78 is 26.0. The molecule has 5 heteroatoms. The summed E-state index contributed by atoms with van der Waals surface area (Å²) in [7, 11) is -3.15. The van der Waals surface area contributed by atoms with E-state index in [4.69, 9.17) is 0 Å². The summed E-state index contributed by atoms with van der Waals surface area (Å²) in [6.45, 7) is 9.15. The molecule has 0 bridgehead atoms. The molecule has 0 aromatic heterocycles. The summed E-state index contributed by atoms with van der Waals surface area (Å²) in [5, 5.41) is 3.00. The van der Waals surface area contributed by atoms with E-state index in [9.17, 15) is 8.42 Å². The van der Waals surface area contributed by atoms with Gasteiger partial charge in [0.15, 0.2) is 0 Å². The quantitative estimate of drug-likeness (QED) is 0.620. The monoisotopic (exact) mass is 236 g/mol. The van der Waals surface area contributed by atoms with Crippen LogP contribution < -0.4 is 10.0 Å². The van der Waals surface area contributed by atoms with Crippen LogP contribution in [0.2, 0.25) is 0 Å². The molecule has 0 amide bonds. The molecule has 0 spiro atoms. The van der Waals surface area contributed by atoms with Crippen molar-refractivity contribution in [3.63, 3.8) is 0 Å². The van der Waals surface area contributed by atoms with Crippen molar-refractivity contribution in [1.82, 2.24) is 10.0 Å². The van der Waals surface area contributed by atoms with E-state index >= 15 is 0 Å². The van der Waals surface area contributed by atoms with Crippen molar-refractivity contribution >= 4 is 10.0 Å². The van der Waals surface area contributed by atoms with Crippen LogP contribution in [-0.2, 0) is 10.0 Å². The zero-order valence-corrected chi connectivity index (χ0v) is 11.1. The molecule has 0 aliphatic rings. The van der Waals surface area contributed by atoms with Crippen LogP contribution in [0, 0.1) is 0 Å². The largest absolute Gasteiger partial charge is 0.316 e. The molecular formula is C10H24N2O2S. The van der Waals surface area contributed by atoms with Crippen LogP contribution in [-0.4, -0.2) is 32.8 Å². The van der Waals surface area contributed by atoms with Gasteiger partial charge in [-0.1, -0.05) is 20.3 Å². The molecule has 0 saturated heterocycles. The Hall–Kier alpha value is -0.130. The molecule has 0 aromatic carbocycles. The van der Waals surface area contributed by atoms with E-state index in [0.717, 1.165) is 19.4 Å². The normalized spacial score (nSPS) is 13.1. The van der Waals surface area contributed by atoms with Crippen LogP contribution in [0.5, 0.6) is 0 Å². The lowest BCUT2D eigenvalue weighted by atomic mass is 10.0. The predicted molar refractivity (Wildman–Crippen MR) is 64.5 cm³/mol. The Bertz CT molecular complexity index is 261. The zero-order chi connectivity index (χ0) is 11.9. The Morgan fingerprint density at radius 2 is 1.80 bits per heavy atom. The minimum absolute atomic E-state index is 0.147.